The summed E-state index contributed by atoms with van der Waals surface area (Å²) in [7, 11) is -1.82. The molecular formula is C16H25ClN2O4S. The van der Waals surface area contributed by atoms with Crippen molar-refractivity contribution in [2.24, 2.45) is 0 Å². The zero-order valence-electron chi connectivity index (χ0n) is 14.6. The van der Waals surface area contributed by atoms with Gasteiger partial charge >= 0.3 is 0 Å². The van der Waals surface area contributed by atoms with E-state index in [0.717, 1.165) is 12.0 Å². The molecule has 0 bridgehead atoms. The summed E-state index contributed by atoms with van der Waals surface area (Å²) >= 11 is 6.09. The van der Waals surface area contributed by atoms with Gasteiger partial charge in [-0.2, -0.15) is 0 Å². The van der Waals surface area contributed by atoms with E-state index >= 15 is 0 Å². The van der Waals surface area contributed by atoms with Crippen molar-refractivity contribution in [2.45, 2.75) is 33.6 Å². The Morgan fingerprint density at radius 1 is 1.38 bits per heavy atom. The van der Waals surface area contributed by atoms with Crippen molar-refractivity contribution in [1.82, 2.24) is 4.72 Å². The van der Waals surface area contributed by atoms with Crippen molar-refractivity contribution < 1.29 is 17.9 Å². The number of carbonyl (C=O) groups excluding carboxylic acids is 1. The number of benzene rings is 1. The third kappa shape index (κ3) is 5.96. The number of nitrogens with one attached hydrogen (secondary N) is 1. The summed E-state index contributed by atoms with van der Waals surface area (Å²) < 4.78 is 31.5. The van der Waals surface area contributed by atoms with Gasteiger partial charge in [-0.05, 0) is 25.0 Å². The molecule has 136 valence electrons. The van der Waals surface area contributed by atoms with Crippen LogP contribution in [0.3, 0.4) is 0 Å². The highest BCUT2D eigenvalue weighted by Crippen LogP contribution is 2.33. The van der Waals surface area contributed by atoms with Gasteiger partial charge in [0.1, 0.15) is 5.75 Å². The predicted octanol–water partition coefficient (Wildman–Crippen LogP) is 2.73. The number of anilines is 1. The minimum absolute atomic E-state index is 0.0902. The first-order valence-corrected chi connectivity index (χ1v) is 9.84. The number of halogens is 1. The van der Waals surface area contributed by atoms with E-state index in [1.54, 1.807) is 12.1 Å². The normalized spacial score (nSPS) is 11.4. The van der Waals surface area contributed by atoms with E-state index in [1.807, 2.05) is 13.8 Å². The van der Waals surface area contributed by atoms with Crippen molar-refractivity contribution in [3.05, 3.63) is 22.7 Å². The molecule has 0 fully saturated rings. The van der Waals surface area contributed by atoms with Crippen molar-refractivity contribution >= 4 is 33.2 Å². The maximum atomic E-state index is 12.0. The quantitative estimate of drug-likeness (QED) is 0.719. The summed E-state index contributed by atoms with van der Waals surface area (Å²) in [5, 5.41) is 0.541. The summed E-state index contributed by atoms with van der Waals surface area (Å²) in [6, 6.07) is 3.40. The molecule has 0 aliphatic rings. The van der Waals surface area contributed by atoms with Crippen LogP contribution in [0, 0.1) is 6.92 Å². The second kappa shape index (κ2) is 9.25. The van der Waals surface area contributed by atoms with Crippen LogP contribution in [-0.4, -0.2) is 40.3 Å². The average Bonchev–Trinajstić information content (AvgIpc) is 2.51. The highest BCUT2D eigenvalue weighted by molar-refractivity contribution is 7.89. The minimum Gasteiger partial charge on any atom is -0.495 e. The molecule has 0 spiro atoms. The van der Waals surface area contributed by atoms with Gasteiger partial charge in [-0.3, -0.25) is 4.79 Å². The van der Waals surface area contributed by atoms with E-state index in [2.05, 4.69) is 4.72 Å². The molecule has 1 amide bonds. The molecule has 1 N–H and O–H groups in total. The van der Waals surface area contributed by atoms with Crippen LogP contribution in [0.2, 0.25) is 5.02 Å². The van der Waals surface area contributed by atoms with Crippen molar-refractivity contribution in [3.8, 4) is 5.75 Å². The standard InChI is InChI=1S/C16H25ClN2O4S/c1-5-6-9-24(21,22)18-7-8-19(13(3)20)15-10-12(2)14(17)11-16(15)23-4/h10-11,18H,5-9H2,1-4H3. The molecule has 0 atom stereocenters. The monoisotopic (exact) mass is 376 g/mol. The van der Waals surface area contributed by atoms with Gasteiger partial charge in [-0.15, -0.1) is 0 Å². The van der Waals surface area contributed by atoms with E-state index in [0.29, 0.717) is 22.9 Å². The van der Waals surface area contributed by atoms with Gasteiger partial charge in [0.2, 0.25) is 15.9 Å². The molecule has 0 heterocycles. The van der Waals surface area contributed by atoms with Crippen LogP contribution in [0.15, 0.2) is 12.1 Å². The van der Waals surface area contributed by atoms with Crippen molar-refractivity contribution in [3.63, 3.8) is 0 Å². The van der Waals surface area contributed by atoms with E-state index in [9.17, 15) is 13.2 Å². The lowest BCUT2D eigenvalue weighted by atomic mass is 10.2. The number of unbranched alkanes of at least 4 members (excludes halogenated alkanes) is 1. The zero-order valence-corrected chi connectivity index (χ0v) is 16.1. The Morgan fingerprint density at radius 2 is 2.04 bits per heavy atom. The van der Waals surface area contributed by atoms with Gasteiger partial charge in [0.25, 0.3) is 0 Å². The molecule has 0 unspecified atom stereocenters. The molecule has 0 aliphatic heterocycles. The molecule has 24 heavy (non-hydrogen) atoms. The van der Waals surface area contributed by atoms with Gasteiger partial charge in [0, 0.05) is 31.1 Å². The minimum atomic E-state index is -3.32. The van der Waals surface area contributed by atoms with E-state index in [-0.39, 0.29) is 24.7 Å². The molecule has 0 radical (unpaired) electrons. The first-order valence-electron chi connectivity index (χ1n) is 7.81. The lowest BCUT2D eigenvalue weighted by Gasteiger charge is -2.24. The fourth-order valence-corrected chi connectivity index (χ4v) is 3.56. The van der Waals surface area contributed by atoms with Gasteiger partial charge in [0.15, 0.2) is 0 Å². The smallest absolute Gasteiger partial charge is 0.224 e. The number of methoxy groups -OCH3 is 1. The SMILES string of the molecule is CCCCS(=O)(=O)NCCN(C(C)=O)c1cc(C)c(Cl)cc1OC. The van der Waals surface area contributed by atoms with Crippen LogP contribution in [0.5, 0.6) is 5.75 Å². The Hall–Kier alpha value is -1.31. The predicted molar refractivity (Wildman–Crippen MR) is 97.5 cm³/mol. The molecule has 1 rings (SSSR count). The number of aryl methyl sites for hydroxylation is 1. The van der Waals surface area contributed by atoms with Gasteiger partial charge in [0.05, 0.1) is 18.6 Å². The Labute approximate surface area is 149 Å². The molecule has 0 saturated heterocycles. The summed E-state index contributed by atoms with van der Waals surface area (Å²) in [5.74, 6) is 0.352. The number of ether oxygens (including phenoxy) is 1. The fourth-order valence-electron chi connectivity index (χ4n) is 2.19. The van der Waals surface area contributed by atoms with E-state index < -0.39 is 10.0 Å². The van der Waals surface area contributed by atoms with Crippen LogP contribution >= 0.6 is 11.6 Å². The number of rotatable bonds is 9. The lowest BCUT2D eigenvalue weighted by Crippen LogP contribution is -2.38. The van der Waals surface area contributed by atoms with Gasteiger partial charge < -0.3 is 9.64 Å². The molecule has 1 aromatic rings. The molecule has 8 heteroatoms. The summed E-state index contributed by atoms with van der Waals surface area (Å²) in [4.78, 5) is 13.5. The summed E-state index contributed by atoms with van der Waals surface area (Å²) in [5.41, 5.74) is 1.38. The largest absolute Gasteiger partial charge is 0.495 e. The molecule has 0 aromatic heterocycles. The van der Waals surface area contributed by atoms with Crippen LogP contribution < -0.4 is 14.4 Å². The van der Waals surface area contributed by atoms with Crippen molar-refractivity contribution in [2.75, 3.05) is 30.9 Å². The molecular weight excluding hydrogens is 352 g/mol. The second-order valence-electron chi connectivity index (χ2n) is 5.51. The zero-order chi connectivity index (χ0) is 18.3. The van der Waals surface area contributed by atoms with Crippen LogP contribution in [0.25, 0.3) is 0 Å². The number of hydrogen-bond donors (Lipinski definition) is 1. The molecule has 0 saturated carbocycles. The summed E-state index contributed by atoms with van der Waals surface area (Å²) in [6.07, 6.45) is 1.41. The van der Waals surface area contributed by atoms with E-state index in [4.69, 9.17) is 16.3 Å². The van der Waals surface area contributed by atoms with Gasteiger partial charge in [-0.1, -0.05) is 24.9 Å². The van der Waals surface area contributed by atoms with Crippen molar-refractivity contribution in [1.29, 1.82) is 0 Å². The van der Waals surface area contributed by atoms with Crippen LogP contribution in [-0.2, 0) is 14.8 Å². The van der Waals surface area contributed by atoms with Gasteiger partial charge in [-0.25, -0.2) is 13.1 Å². The third-order valence-electron chi connectivity index (χ3n) is 3.56. The number of hydrogen-bond acceptors (Lipinski definition) is 4. The fraction of sp³-hybridized carbons (Fsp3) is 0.562. The third-order valence-corrected chi connectivity index (χ3v) is 5.43. The highest BCUT2D eigenvalue weighted by Gasteiger charge is 2.19. The van der Waals surface area contributed by atoms with Crippen LogP contribution in [0.4, 0.5) is 5.69 Å². The van der Waals surface area contributed by atoms with Crippen LogP contribution in [0.1, 0.15) is 32.3 Å². The Balaban J connectivity index is 2.90. The maximum absolute atomic E-state index is 12.0. The van der Waals surface area contributed by atoms with E-state index in [1.165, 1.54) is 18.9 Å². The molecule has 1 aromatic carbocycles. The Kier molecular flexibility index (Phi) is 7.99. The topological polar surface area (TPSA) is 75.7 Å². The number of nitrogens with zero attached hydrogens (tertiary/aromatic N) is 1. The average molecular weight is 377 g/mol. The second-order valence-corrected chi connectivity index (χ2v) is 7.84. The Morgan fingerprint density at radius 3 is 2.58 bits per heavy atom. The molecule has 0 aliphatic carbocycles. The summed E-state index contributed by atoms with van der Waals surface area (Å²) in [6.45, 7) is 5.53. The number of amides is 1. The maximum Gasteiger partial charge on any atom is 0.224 e. The number of sulfonamides is 1. The lowest BCUT2D eigenvalue weighted by molar-refractivity contribution is -0.116. The highest BCUT2D eigenvalue weighted by atomic mass is 35.5. The molecule has 6 nitrogen and oxygen atoms in total. The first kappa shape index (κ1) is 20.7. The first-order chi connectivity index (χ1) is 11.2. The Bertz CT molecular complexity index is 677. The number of carbonyl (C=O) groups is 1.